The Morgan fingerprint density at radius 3 is 2.25 bits per heavy atom. The quantitative estimate of drug-likeness (QED) is 0.737. The standard InChI is InChI=1S/C17H20BrFN2O2S/c1-3-21(4-2)24(22,23)16-9-7-15(8-10-16)20-12-13-5-6-14(18)11-17(13)19/h5-11,20H,3-4,12H2,1-2H3. The molecule has 130 valence electrons. The van der Waals surface area contributed by atoms with E-state index in [9.17, 15) is 12.8 Å². The fourth-order valence-electron chi connectivity index (χ4n) is 2.32. The lowest BCUT2D eigenvalue weighted by atomic mass is 10.2. The van der Waals surface area contributed by atoms with Gasteiger partial charge in [0, 0.05) is 35.4 Å². The Labute approximate surface area is 150 Å². The normalized spacial score (nSPS) is 11.7. The van der Waals surface area contributed by atoms with Crippen molar-refractivity contribution in [2.24, 2.45) is 0 Å². The number of hydrogen-bond acceptors (Lipinski definition) is 3. The second kappa shape index (κ2) is 8.09. The number of rotatable bonds is 7. The molecule has 2 aromatic rings. The molecule has 24 heavy (non-hydrogen) atoms. The van der Waals surface area contributed by atoms with E-state index in [-0.39, 0.29) is 10.7 Å². The van der Waals surface area contributed by atoms with Gasteiger partial charge < -0.3 is 5.32 Å². The maximum atomic E-state index is 13.8. The van der Waals surface area contributed by atoms with Gasteiger partial charge in [0.15, 0.2) is 0 Å². The molecule has 0 saturated carbocycles. The summed E-state index contributed by atoms with van der Waals surface area (Å²) in [6, 6.07) is 11.4. The zero-order valence-electron chi connectivity index (χ0n) is 13.6. The van der Waals surface area contributed by atoms with E-state index in [1.807, 2.05) is 13.8 Å². The number of anilines is 1. The van der Waals surface area contributed by atoms with Gasteiger partial charge in [0.2, 0.25) is 10.0 Å². The first kappa shape index (κ1) is 18.9. The molecule has 0 aliphatic rings. The predicted molar refractivity (Wildman–Crippen MR) is 98.0 cm³/mol. The highest BCUT2D eigenvalue weighted by atomic mass is 79.9. The van der Waals surface area contributed by atoms with Crippen molar-refractivity contribution in [1.82, 2.24) is 4.31 Å². The maximum absolute atomic E-state index is 13.8. The molecule has 0 atom stereocenters. The summed E-state index contributed by atoms with van der Waals surface area (Å²) >= 11 is 3.22. The van der Waals surface area contributed by atoms with Crippen molar-refractivity contribution in [2.75, 3.05) is 18.4 Å². The Balaban J connectivity index is 2.09. The third-order valence-electron chi connectivity index (χ3n) is 3.70. The molecule has 0 radical (unpaired) electrons. The van der Waals surface area contributed by atoms with E-state index >= 15 is 0 Å². The molecule has 0 aliphatic heterocycles. The van der Waals surface area contributed by atoms with E-state index in [1.165, 1.54) is 10.4 Å². The molecule has 0 aromatic heterocycles. The summed E-state index contributed by atoms with van der Waals surface area (Å²) in [6.45, 7) is 4.80. The molecule has 1 N–H and O–H groups in total. The van der Waals surface area contributed by atoms with E-state index in [4.69, 9.17) is 0 Å². The Bertz CT molecular complexity index is 791. The van der Waals surface area contributed by atoms with Crippen molar-refractivity contribution in [3.63, 3.8) is 0 Å². The summed E-state index contributed by atoms with van der Waals surface area (Å²) in [6.07, 6.45) is 0. The van der Waals surface area contributed by atoms with Crippen LogP contribution in [0.15, 0.2) is 51.8 Å². The van der Waals surface area contributed by atoms with Gasteiger partial charge in [-0.25, -0.2) is 12.8 Å². The number of nitrogens with zero attached hydrogens (tertiary/aromatic N) is 1. The van der Waals surface area contributed by atoms with E-state index in [0.717, 1.165) is 5.69 Å². The van der Waals surface area contributed by atoms with Crippen molar-refractivity contribution in [3.05, 3.63) is 58.3 Å². The molecule has 7 heteroatoms. The summed E-state index contributed by atoms with van der Waals surface area (Å²) in [4.78, 5) is 0.256. The monoisotopic (exact) mass is 414 g/mol. The molecule has 2 rings (SSSR count). The average Bonchev–Trinajstić information content (AvgIpc) is 2.55. The lowest BCUT2D eigenvalue weighted by molar-refractivity contribution is 0.445. The minimum absolute atomic E-state index is 0.256. The Morgan fingerprint density at radius 2 is 1.71 bits per heavy atom. The SMILES string of the molecule is CCN(CC)S(=O)(=O)c1ccc(NCc2ccc(Br)cc2F)cc1. The van der Waals surface area contributed by atoms with Gasteiger partial charge in [-0.05, 0) is 36.4 Å². The van der Waals surface area contributed by atoms with Crippen LogP contribution in [0, 0.1) is 5.82 Å². The minimum atomic E-state index is -3.46. The van der Waals surface area contributed by atoms with Crippen molar-refractivity contribution in [1.29, 1.82) is 0 Å². The molecule has 0 fully saturated rings. The van der Waals surface area contributed by atoms with Crippen LogP contribution < -0.4 is 5.32 Å². The smallest absolute Gasteiger partial charge is 0.243 e. The van der Waals surface area contributed by atoms with Crippen molar-refractivity contribution in [2.45, 2.75) is 25.3 Å². The number of sulfonamides is 1. The van der Waals surface area contributed by atoms with Gasteiger partial charge in [0.05, 0.1) is 4.90 Å². The summed E-state index contributed by atoms with van der Waals surface area (Å²) in [5.74, 6) is -0.294. The average molecular weight is 415 g/mol. The Kier molecular flexibility index (Phi) is 6.37. The van der Waals surface area contributed by atoms with Crippen LogP contribution >= 0.6 is 15.9 Å². The van der Waals surface area contributed by atoms with Crippen LogP contribution in [0.5, 0.6) is 0 Å². The first-order chi connectivity index (χ1) is 11.4. The largest absolute Gasteiger partial charge is 0.381 e. The molecular weight excluding hydrogens is 395 g/mol. The molecule has 4 nitrogen and oxygen atoms in total. The topological polar surface area (TPSA) is 49.4 Å². The molecule has 0 unspecified atom stereocenters. The van der Waals surface area contributed by atoms with Crippen LogP contribution in [0.2, 0.25) is 0 Å². The lowest BCUT2D eigenvalue weighted by Gasteiger charge is -2.18. The zero-order valence-corrected chi connectivity index (χ0v) is 16.0. The van der Waals surface area contributed by atoms with Crippen LogP contribution in [0.4, 0.5) is 10.1 Å². The number of halogens is 2. The molecule has 0 saturated heterocycles. The molecule has 0 aliphatic carbocycles. The van der Waals surface area contributed by atoms with Crippen LogP contribution in [0.3, 0.4) is 0 Å². The minimum Gasteiger partial charge on any atom is -0.381 e. The molecule has 0 spiro atoms. The lowest BCUT2D eigenvalue weighted by Crippen LogP contribution is -2.30. The fraction of sp³-hybridized carbons (Fsp3) is 0.294. The number of nitrogens with one attached hydrogen (secondary N) is 1. The number of hydrogen-bond donors (Lipinski definition) is 1. The second-order valence-electron chi connectivity index (χ2n) is 5.20. The van der Waals surface area contributed by atoms with E-state index in [1.54, 1.807) is 36.4 Å². The third kappa shape index (κ3) is 4.34. The highest BCUT2D eigenvalue weighted by Gasteiger charge is 2.21. The summed E-state index contributed by atoms with van der Waals surface area (Å²) in [5, 5.41) is 3.09. The summed E-state index contributed by atoms with van der Waals surface area (Å²) in [5.41, 5.74) is 1.27. The van der Waals surface area contributed by atoms with Crippen molar-refractivity contribution in [3.8, 4) is 0 Å². The summed E-state index contributed by atoms with van der Waals surface area (Å²) < 4.78 is 40.7. The van der Waals surface area contributed by atoms with Crippen LogP contribution in [-0.4, -0.2) is 25.8 Å². The molecule has 0 bridgehead atoms. The molecular formula is C17H20BrFN2O2S. The van der Waals surface area contributed by atoms with Gasteiger partial charge in [-0.1, -0.05) is 35.8 Å². The van der Waals surface area contributed by atoms with Gasteiger partial charge >= 0.3 is 0 Å². The van der Waals surface area contributed by atoms with Gasteiger partial charge in [-0.15, -0.1) is 0 Å². The third-order valence-corrected chi connectivity index (χ3v) is 6.25. The maximum Gasteiger partial charge on any atom is 0.243 e. The highest BCUT2D eigenvalue weighted by Crippen LogP contribution is 2.20. The van der Waals surface area contributed by atoms with Gasteiger partial charge in [-0.2, -0.15) is 4.31 Å². The zero-order chi connectivity index (χ0) is 17.7. The fourth-order valence-corrected chi connectivity index (χ4v) is 4.11. The van der Waals surface area contributed by atoms with Gasteiger partial charge in [-0.3, -0.25) is 0 Å². The van der Waals surface area contributed by atoms with E-state index in [0.29, 0.717) is 29.7 Å². The highest BCUT2D eigenvalue weighted by molar-refractivity contribution is 9.10. The van der Waals surface area contributed by atoms with Gasteiger partial charge in [0.1, 0.15) is 5.82 Å². The Morgan fingerprint density at radius 1 is 1.08 bits per heavy atom. The second-order valence-corrected chi connectivity index (χ2v) is 8.06. The first-order valence-electron chi connectivity index (χ1n) is 7.66. The molecule has 0 amide bonds. The van der Waals surface area contributed by atoms with Crippen molar-refractivity contribution >= 4 is 31.6 Å². The first-order valence-corrected chi connectivity index (χ1v) is 9.89. The van der Waals surface area contributed by atoms with Crippen LogP contribution in [0.1, 0.15) is 19.4 Å². The molecule has 0 heterocycles. The molecule has 2 aromatic carbocycles. The summed E-state index contributed by atoms with van der Waals surface area (Å²) in [7, 11) is -3.46. The van der Waals surface area contributed by atoms with Gasteiger partial charge in [0.25, 0.3) is 0 Å². The number of benzene rings is 2. The van der Waals surface area contributed by atoms with E-state index in [2.05, 4.69) is 21.2 Å². The predicted octanol–water partition coefficient (Wildman–Crippen LogP) is 4.23. The van der Waals surface area contributed by atoms with Crippen LogP contribution in [0.25, 0.3) is 0 Å². The van der Waals surface area contributed by atoms with Crippen LogP contribution in [-0.2, 0) is 16.6 Å². The van der Waals surface area contributed by atoms with Crippen molar-refractivity contribution < 1.29 is 12.8 Å². The van der Waals surface area contributed by atoms with E-state index < -0.39 is 10.0 Å². The Hall–Kier alpha value is -1.44.